The summed E-state index contributed by atoms with van der Waals surface area (Å²) in [5.41, 5.74) is 0. The van der Waals surface area contributed by atoms with Gasteiger partial charge in [-0.25, -0.2) is 0 Å². The number of rotatable bonds is 29. The minimum atomic E-state index is -0.231. The van der Waals surface area contributed by atoms with Crippen LogP contribution < -0.4 is 0 Å². The summed E-state index contributed by atoms with van der Waals surface area (Å²) in [5, 5.41) is 0. The van der Waals surface area contributed by atoms with Crippen molar-refractivity contribution in [1.29, 1.82) is 0 Å². The molecule has 38 heavy (non-hydrogen) atoms. The Morgan fingerprint density at radius 3 is 1.05 bits per heavy atom. The second-order valence-corrected chi connectivity index (χ2v) is 9.69. The van der Waals surface area contributed by atoms with Crippen molar-refractivity contribution < 1.29 is 38.0 Å². The molecule has 0 saturated heterocycles. The van der Waals surface area contributed by atoms with Gasteiger partial charge in [-0.1, -0.05) is 53.4 Å². The molecule has 0 aromatic heterocycles. The van der Waals surface area contributed by atoms with Crippen molar-refractivity contribution in [2.24, 2.45) is 0 Å². The largest absolute Gasteiger partial charge is 0.466 e. The Morgan fingerprint density at radius 1 is 0.447 bits per heavy atom. The van der Waals surface area contributed by atoms with Crippen LogP contribution in [0.1, 0.15) is 130 Å². The Bertz CT molecular complexity index is 462. The van der Waals surface area contributed by atoms with Crippen molar-refractivity contribution in [1.82, 2.24) is 0 Å². The van der Waals surface area contributed by atoms with Crippen LogP contribution in [0.5, 0.6) is 0 Å². The lowest BCUT2D eigenvalue weighted by molar-refractivity contribution is -0.154. The third-order valence-electron chi connectivity index (χ3n) is 5.91. The number of ether oxygens (including phenoxy) is 6. The zero-order valence-corrected chi connectivity index (χ0v) is 25.0. The van der Waals surface area contributed by atoms with Crippen LogP contribution in [0.2, 0.25) is 0 Å². The van der Waals surface area contributed by atoms with Gasteiger partial charge in [-0.05, 0) is 51.4 Å². The van der Waals surface area contributed by atoms with Crippen LogP contribution in [0.25, 0.3) is 0 Å². The molecule has 0 aliphatic heterocycles. The lowest BCUT2D eigenvalue weighted by Gasteiger charge is -2.18. The molecule has 0 heterocycles. The Balaban J connectivity index is 3.87. The summed E-state index contributed by atoms with van der Waals surface area (Å²) in [6.07, 6.45) is 12.6. The molecule has 0 unspecified atom stereocenters. The summed E-state index contributed by atoms with van der Waals surface area (Å²) in [5.74, 6) is -0.461. The smallest absolute Gasteiger partial charge is 0.305 e. The molecule has 226 valence electrons. The van der Waals surface area contributed by atoms with Crippen LogP contribution in [0, 0.1) is 0 Å². The van der Waals surface area contributed by atoms with Gasteiger partial charge < -0.3 is 28.4 Å². The molecule has 0 aliphatic carbocycles. The monoisotopic (exact) mass is 546 g/mol. The minimum Gasteiger partial charge on any atom is -0.466 e. The van der Waals surface area contributed by atoms with E-state index < -0.39 is 0 Å². The SMILES string of the molecule is CCCCOC(CCCOC(=O)CCCCC(=O)OCCCC(OCCCC)OCCCC)OCCCC. The van der Waals surface area contributed by atoms with E-state index in [9.17, 15) is 9.59 Å². The van der Waals surface area contributed by atoms with Crippen molar-refractivity contribution in [3.63, 3.8) is 0 Å². The normalized spacial score (nSPS) is 11.4. The molecule has 0 aliphatic rings. The highest BCUT2D eigenvalue weighted by atomic mass is 16.7. The van der Waals surface area contributed by atoms with E-state index in [0.29, 0.717) is 91.0 Å². The summed E-state index contributed by atoms with van der Waals surface area (Å²) in [6, 6.07) is 0. The minimum absolute atomic E-state index is 0.231. The zero-order chi connectivity index (χ0) is 28.1. The topological polar surface area (TPSA) is 89.5 Å². The Kier molecular flexibility index (Phi) is 27.9. The van der Waals surface area contributed by atoms with Crippen molar-refractivity contribution in [3.8, 4) is 0 Å². The van der Waals surface area contributed by atoms with Crippen LogP contribution in [0.3, 0.4) is 0 Å². The fourth-order valence-corrected chi connectivity index (χ4v) is 3.42. The molecule has 0 spiro atoms. The highest BCUT2D eigenvalue weighted by Gasteiger charge is 2.12. The molecule has 0 fully saturated rings. The number of carbonyl (C=O) groups excluding carboxylic acids is 2. The van der Waals surface area contributed by atoms with Gasteiger partial charge in [0.2, 0.25) is 0 Å². The van der Waals surface area contributed by atoms with Gasteiger partial charge in [-0.2, -0.15) is 0 Å². The average molecular weight is 547 g/mol. The first-order valence-corrected chi connectivity index (χ1v) is 15.3. The molecular weight excluding hydrogens is 488 g/mol. The van der Waals surface area contributed by atoms with Crippen molar-refractivity contribution in [3.05, 3.63) is 0 Å². The molecule has 0 atom stereocenters. The highest BCUT2D eigenvalue weighted by Crippen LogP contribution is 2.10. The third kappa shape index (κ3) is 25.1. The van der Waals surface area contributed by atoms with Crippen LogP contribution in [0.4, 0.5) is 0 Å². The van der Waals surface area contributed by atoms with Crippen LogP contribution in [0.15, 0.2) is 0 Å². The third-order valence-corrected chi connectivity index (χ3v) is 5.91. The van der Waals surface area contributed by atoms with Gasteiger partial charge in [0, 0.05) is 52.1 Å². The molecular formula is C30H58O8. The molecule has 0 aromatic carbocycles. The van der Waals surface area contributed by atoms with E-state index in [-0.39, 0.29) is 24.5 Å². The van der Waals surface area contributed by atoms with Gasteiger partial charge in [0.25, 0.3) is 0 Å². The number of carbonyl (C=O) groups is 2. The highest BCUT2D eigenvalue weighted by molar-refractivity contribution is 5.70. The first-order chi connectivity index (χ1) is 18.6. The van der Waals surface area contributed by atoms with Crippen LogP contribution in [-0.2, 0) is 38.0 Å². The lowest BCUT2D eigenvalue weighted by Crippen LogP contribution is -2.20. The summed E-state index contributed by atoms with van der Waals surface area (Å²) in [6.45, 7) is 12.0. The standard InChI is InChI=1S/C30H58O8/c1-5-9-21-35-29(36-22-10-6-2)19-15-25-33-27(31)17-13-14-18-28(32)34-26-16-20-30(37-23-11-7-3)38-24-12-8-4/h29-30H,5-26H2,1-4H3. The lowest BCUT2D eigenvalue weighted by atomic mass is 10.2. The molecule has 0 radical (unpaired) electrons. The second kappa shape index (κ2) is 28.8. The molecule has 0 saturated carbocycles. The number of hydrogen-bond acceptors (Lipinski definition) is 8. The Labute approximate surface area is 232 Å². The van der Waals surface area contributed by atoms with Crippen molar-refractivity contribution in [2.45, 2.75) is 143 Å². The molecule has 0 aromatic rings. The Hall–Kier alpha value is -1.22. The summed E-state index contributed by atoms with van der Waals surface area (Å²) in [7, 11) is 0. The van der Waals surface area contributed by atoms with Gasteiger partial charge in [0.15, 0.2) is 12.6 Å². The maximum absolute atomic E-state index is 12.0. The molecule has 8 nitrogen and oxygen atoms in total. The van der Waals surface area contributed by atoms with E-state index in [2.05, 4.69) is 27.7 Å². The first-order valence-electron chi connectivity index (χ1n) is 15.3. The van der Waals surface area contributed by atoms with Gasteiger partial charge >= 0.3 is 11.9 Å². The van der Waals surface area contributed by atoms with Gasteiger partial charge in [0.05, 0.1) is 13.2 Å². The quantitative estimate of drug-likeness (QED) is 0.0557. The number of hydrogen-bond donors (Lipinski definition) is 0. The fraction of sp³-hybridized carbons (Fsp3) is 0.933. The van der Waals surface area contributed by atoms with E-state index in [0.717, 1.165) is 51.4 Å². The Morgan fingerprint density at radius 2 is 0.763 bits per heavy atom. The molecule has 0 bridgehead atoms. The van der Waals surface area contributed by atoms with E-state index in [1.807, 2.05) is 0 Å². The second-order valence-electron chi connectivity index (χ2n) is 9.69. The van der Waals surface area contributed by atoms with Crippen LogP contribution in [-0.4, -0.2) is 64.2 Å². The van der Waals surface area contributed by atoms with Crippen molar-refractivity contribution in [2.75, 3.05) is 39.6 Å². The van der Waals surface area contributed by atoms with Gasteiger partial charge in [-0.15, -0.1) is 0 Å². The number of unbranched alkanes of at least 4 members (excludes halogenated alkanes) is 5. The molecule has 8 heteroatoms. The van der Waals surface area contributed by atoms with Crippen molar-refractivity contribution >= 4 is 11.9 Å². The van der Waals surface area contributed by atoms with E-state index in [4.69, 9.17) is 28.4 Å². The summed E-state index contributed by atoms with van der Waals surface area (Å²) < 4.78 is 33.9. The number of esters is 2. The van der Waals surface area contributed by atoms with E-state index in [1.54, 1.807) is 0 Å². The zero-order valence-electron chi connectivity index (χ0n) is 25.0. The van der Waals surface area contributed by atoms with Gasteiger partial charge in [-0.3, -0.25) is 9.59 Å². The summed E-state index contributed by atoms with van der Waals surface area (Å²) in [4.78, 5) is 24.0. The van der Waals surface area contributed by atoms with E-state index in [1.165, 1.54) is 0 Å². The predicted octanol–water partition coefficient (Wildman–Crippen LogP) is 7.11. The summed E-state index contributed by atoms with van der Waals surface area (Å²) >= 11 is 0. The average Bonchev–Trinajstić information content (AvgIpc) is 2.91. The maximum Gasteiger partial charge on any atom is 0.305 e. The molecule has 0 amide bonds. The predicted molar refractivity (Wildman–Crippen MR) is 150 cm³/mol. The molecule has 0 rings (SSSR count). The first kappa shape index (κ1) is 36.8. The van der Waals surface area contributed by atoms with Crippen LogP contribution >= 0.6 is 0 Å². The fourth-order valence-electron chi connectivity index (χ4n) is 3.42. The molecule has 0 N–H and O–H groups in total. The van der Waals surface area contributed by atoms with Gasteiger partial charge in [0.1, 0.15) is 0 Å². The van der Waals surface area contributed by atoms with E-state index >= 15 is 0 Å². The maximum atomic E-state index is 12.0.